The predicted octanol–water partition coefficient (Wildman–Crippen LogP) is -0.0862. The molecule has 0 radical (unpaired) electrons. The summed E-state index contributed by atoms with van der Waals surface area (Å²) in [5, 5.41) is -0.391. The maximum absolute atomic E-state index is 12.0. The molecule has 2 aliphatic heterocycles. The zero-order valence-corrected chi connectivity index (χ0v) is 12.4. The van der Waals surface area contributed by atoms with Crippen LogP contribution in [0.5, 0.6) is 0 Å². The molecular formula is C11H22N2O3S2. The number of sulfone groups is 1. The van der Waals surface area contributed by atoms with Crippen molar-refractivity contribution in [3.63, 3.8) is 0 Å². The second kappa shape index (κ2) is 5.66. The van der Waals surface area contributed by atoms with Crippen molar-refractivity contribution in [2.75, 3.05) is 44.1 Å². The molecule has 2 heterocycles. The SMILES string of the molecule is CS(=O)(=O)C1CSCCN1C1(CN)CCOCC1. The molecule has 0 aliphatic carbocycles. The molecule has 0 aromatic heterocycles. The fourth-order valence-electron chi connectivity index (χ4n) is 2.84. The molecule has 0 aromatic rings. The van der Waals surface area contributed by atoms with Crippen molar-refractivity contribution >= 4 is 21.6 Å². The van der Waals surface area contributed by atoms with Crippen molar-refractivity contribution in [1.82, 2.24) is 4.90 Å². The minimum Gasteiger partial charge on any atom is -0.381 e. The minimum absolute atomic E-state index is 0.188. The summed E-state index contributed by atoms with van der Waals surface area (Å²) in [5.74, 6) is 1.63. The quantitative estimate of drug-likeness (QED) is 0.784. The van der Waals surface area contributed by atoms with Crippen LogP contribution in [0.2, 0.25) is 0 Å². The summed E-state index contributed by atoms with van der Waals surface area (Å²) >= 11 is 1.71. The number of rotatable bonds is 3. The minimum atomic E-state index is -3.06. The van der Waals surface area contributed by atoms with Crippen molar-refractivity contribution in [2.45, 2.75) is 23.8 Å². The molecule has 106 valence electrons. The Hall–Kier alpha value is 0.180. The third-order valence-corrected chi connectivity index (χ3v) is 6.63. The highest BCUT2D eigenvalue weighted by atomic mass is 32.2. The predicted molar refractivity (Wildman–Crippen MR) is 74.5 cm³/mol. The van der Waals surface area contributed by atoms with Crippen LogP contribution in [-0.4, -0.2) is 68.3 Å². The summed E-state index contributed by atoms with van der Waals surface area (Å²) in [4.78, 5) is 2.14. The Morgan fingerprint density at radius 3 is 2.67 bits per heavy atom. The summed E-state index contributed by atoms with van der Waals surface area (Å²) in [6.07, 6.45) is 3.00. The number of thioether (sulfide) groups is 1. The van der Waals surface area contributed by atoms with Gasteiger partial charge in [0.2, 0.25) is 0 Å². The molecule has 0 spiro atoms. The largest absolute Gasteiger partial charge is 0.381 e. The van der Waals surface area contributed by atoms with Crippen molar-refractivity contribution < 1.29 is 13.2 Å². The summed E-state index contributed by atoms with van der Waals surface area (Å²) in [5.41, 5.74) is 5.79. The molecule has 1 atom stereocenters. The van der Waals surface area contributed by atoms with E-state index in [4.69, 9.17) is 10.5 Å². The standard InChI is InChI=1S/C11H22N2O3S2/c1-18(14,15)10-8-17-7-4-13(10)11(9-12)2-5-16-6-3-11/h10H,2-9,12H2,1H3. The molecule has 2 N–H and O–H groups in total. The monoisotopic (exact) mass is 294 g/mol. The van der Waals surface area contributed by atoms with Gasteiger partial charge in [-0.2, -0.15) is 11.8 Å². The topological polar surface area (TPSA) is 72.6 Å². The van der Waals surface area contributed by atoms with E-state index in [2.05, 4.69) is 4.90 Å². The lowest BCUT2D eigenvalue weighted by Crippen LogP contribution is -2.64. The van der Waals surface area contributed by atoms with Gasteiger partial charge in [-0.1, -0.05) is 0 Å². The fraction of sp³-hybridized carbons (Fsp3) is 1.00. The molecule has 18 heavy (non-hydrogen) atoms. The Morgan fingerprint density at radius 2 is 2.11 bits per heavy atom. The van der Waals surface area contributed by atoms with Gasteiger partial charge in [0.05, 0.1) is 0 Å². The van der Waals surface area contributed by atoms with Crippen LogP contribution in [-0.2, 0) is 14.6 Å². The van der Waals surface area contributed by atoms with Crippen LogP contribution < -0.4 is 5.73 Å². The molecule has 7 heteroatoms. The van der Waals surface area contributed by atoms with E-state index in [9.17, 15) is 8.42 Å². The molecule has 2 aliphatic rings. The molecule has 0 aromatic carbocycles. The molecule has 2 rings (SSSR count). The summed E-state index contributed by atoms with van der Waals surface area (Å²) in [6, 6.07) is 0. The Morgan fingerprint density at radius 1 is 1.44 bits per heavy atom. The number of nitrogens with two attached hydrogens (primary N) is 1. The number of nitrogens with zero attached hydrogens (tertiary/aromatic N) is 1. The second-order valence-electron chi connectivity index (χ2n) is 5.09. The number of hydrogen-bond acceptors (Lipinski definition) is 6. The van der Waals surface area contributed by atoms with Crippen molar-refractivity contribution in [1.29, 1.82) is 0 Å². The van der Waals surface area contributed by atoms with Gasteiger partial charge in [-0.15, -0.1) is 0 Å². The van der Waals surface area contributed by atoms with Gasteiger partial charge in [-0.05, 0) is 12.8 Å². The van der Waals surface area contributed by atoms with E-state index in [0.717, 1.165) is 25.1 Å². The van der Waals surface area contributed by atoms with Gasteiger partial charge in [0.25, 0.3) is 0 Å². The van der Waals surface area contributed by atoms with Crippen molar-refractivity contribution in [3.8, 4) is 0 Å². The molecular weight excluding hydrogens is 272 g/mol. The normalized spacial score (nSPS) is 30.2. The van der Waals surface area contributed by atoms with Crippen molar-refractivity contribution in [3.05, 3.63) is 0 Å². The summed E-state index contributed by atoms with van der Waals surface area (Å²) < 4.78 is 29.3. The van der Waals surface area contributed by atoms with E-state index >= 15 is 0 Å². The molecule has 0 saturated carbocycles. The zero-order valence-electron chi connectivity index (χ0n) is 10.8. The number of hydrogen-bond donors (Lipinski definition) is 1. The molecule has 1 unspecified atom stereocenters. The Kier molecular flexibility index (Phi) is 4.59. The molecule has 0 amide bonds. The van der Waals surface area contributed by atoms with Gasteiger partial charge in [0.15, 0.2) is 9.84 Å². The van der Waals surface area contributed by atoms with Crippen LogP contribution in [0, 0.1) is 0 Å². The smallest absolute Gasteiger partial charge is 0.164 e. The van der Waals surface area contributed by atoms with Gasteiger partial charge in [-0.3, -0.25) is 4.90 Å². The summed E-state index contributed by atoms with van der Waals surface area (Å²) in [6.45, 7) is 2.67. The van der Waals surface area contributed by atoms with Gasteiger partial charge in [-0.25, -0.2) is 8.42 Å². The lowest BCUT2D eigenvalue weighted by Gasteiger charge is -2.50. The van der Waals surface area contributed by atoms with E-state index in [1.54, 1.807) is 11.8 Å². The third-order valence-electron chi connectivity index (χ3n) is 3.99. The average molecular weight is 294 g/mol. The first-order valence-electron chi connectivity index (χ1n) is 6.31. The fourth-order valence-corrected chi connectivity index (χ4v) is 5.78. The molecule has 0 bridgehead atoms. The lowest BCUT2D eigenvalue weighted by molar-refractivity contribution is -0.0263. The average Bonchev–Trinajstić information content (AvgIpc) is 2.38. The third kappa shape index (κ3) is 2.85. The molecule has 2 saturated heterocycles. The van der Waals surface area contributed by atoms with Crippen LogP contribution >= 0.6 is 11.8 Å². The molecule has 2 fully saturated rings. The highest BCUT2D eigenvalue weighted by Gasteiger charge is 2.45. The van der Waals surface area contributed by atoms with Gasteiger partial charge < -0.3 is 10.5 Å². The van der Waals surface area contributed by atoms with E-state index in [1.807, 2.05) is 0 Å². The van der Waals surface area contributed by atoms with Crippen LogP contribution in [0.1, 0.15) is 12.8 Å². The first-order chi connectivity index (χ1) is 8.49. The van der Waals surface area contributed by atoms with Crippen LogP contribution in [0.3, 0.4) is 0 Å². The zero-order chi connectivity index (χ0) is 13.2. The molecule has 5 nitrogen and oxygen atoms in total. The Bertz CT molecular complexity index is 380. The highest BCUT2D eigenvalue weighted by molar-refractivity contribution is 8.00. The summed E-state index contributed by atoms with van der Waals surface area (Å²) in [7, 11) is -3.06. The van der Waals surface area contributed by atoms with E-state index in [1.165, 1.54) is 6.26 Å². The number of ether oxygens (including phenoxy) is 1. The first kappa shape index (κ1) is 14.6. The van der Waals surface area contributed by atoms with E-state index < -0.39 is 15.2 Å². The second-order valence-corrected chi connectivity index (χ2v) is 8.45. The van der Waals surface area contributed by atoms with E-state index in [0.29, 0.717) is 25.5 Å². The van der Waals surface area contributed by atoms with Crippen LogP contribution in [0.25, 0.3) is 0 Å². The Balaban J connectivity index is 2.26. The van der Waals surface area contributed by atoms with E-state index in [-0.39, 0.29) is 5.54 Å². The van der Waals surface area contributed by atoms with Crippen LogP contribution in [0.4, 0.5) is 0 Å². The van der Waals surface area contributed by atoms with Gasteiger partial charge >= 0.3 is 0 Å². The van der Waals surface area contributed by atoms with Crippen molar-refractivity contribution in [2.24, 2.45) is 5.73 Å². The highest BCUT2D eigenvalue weighted by Crippen LogP contribution is 2.34. The maximum Gasteiger partial charge on any atom is 0.164 e. The van der Waals surface area contributed by atoms with Gasteiger partial charge in [0.1, 0.15) is 5.37 Å². The lowest BCUT2D eigenvalue weighted by atomic mass is 9.88. The van der Waals surface area contributed by atoms with Crippen LogP contribution in [0.15, 0.2) is 0 Å². The van der Waals surface area contributed by atoms with Gasteiger partial charge in [0, 0.05) is 49.6 Å². The first-order valence-corrected chi connectivity index (χ1v) is 9.42. The maximum atomic E-state index is 12.0. The Labute approximate surface area is 113 Å².